The molecule has 0 spiro atoms. The smallest absolute Gasteiger partial charge is 0.317 e. The lowest BCUT2D eigenvalue weighted by Crippen LogP contribution is -2.50. The highest BCUT2D eigenvalue weighted by Gasteiger charge is 2.37. The van der Waals surface area contributed by atoms with Crippen LogP contribution in [0.25, 0.3) is 0 Å². The first-order valence-corrected chi connectivity index (χ1v) is 10.7. The summed E-state index contributed by atoms with van der Waals surface area (Å²) in [7, 11) is 1.98. The number of aryl methyl sites for hydroxylation is 1. The van der Waals surface area contributed by atoms with Crippen LogP contribution in [0.4, 0.5) is 14.9 Å². The predicted octanol–water partition coefficient (Wildman–Crippen LogP) is 3.25. The van der Waals surface area contributed by atoms with Gasteiger partial charge >= 0.3 is 6.03 Å². The minimum absolute atomic E-state index is 0.000536. The van der Waals surface area contributed by atoms with Crippen molar-refractivity contribution in [1.82, 2.24) is 19.8 Å². The molecule has 0 radical (unpaired) electrons. The van der Waals surface area contributed by atoms with E-state index in [0.717, 1.165) is 68.8 Å². The Labute approximate surface area is 170 Å². The van der Waals surface area contributed by atoms with Gasteiger partial charge in [-0.05, 0) is 61.8 Å². The van der Waals surface area contributed by atoms with Crippen LogP contribution in [0.15, 0.2) is 30.6 Å². The Kier molecular flexibility index (Phi) is 4.68. The number of hydrogen-bond acceptors (Lipinski definition) is 3. The number of nitrogens with one attached hydrogen (secondary N) is 1. The van der Waals surface area contributed by atoms with Crippen molar-refractivity contribution in [2.24, 2.45) is 13.0 Å². The molecule has 1 unspecified atom stereocenters. The number of hydrogen-bond donors (Lipinski definition) is 1. The largest absolute Gasteiger partial charge is 0.368 e. The Morgan fingerprint density at radius 3 is 2.69 bits per heavy atom. The van der Waals surface area contributed by atoms with Crippen molar-refractivity contribution in [2.75, 3.05) is 24.5 Å². The molecule has 3 heterocycles. The van der Waals surface area contributed by atoms with E-state index in [-0.39, 0.29) is 17.9 Å². The topological polar surface area (TPSA) is 53.4 Å². The third-order valence-corrected chi connectivity index (χ3v) is 6.67. The lowest BCUT2D eigenvalue weighted by Gasteiger charge is -2.38. The number of carbonyl (C=O) groups excluding carboxylic acids is 1. The summed E-state index contributed by atoms with van der Waals surface area (Å²) >= 11 is 0. The molecule has 1 aliphatic carbocycles. The SMILES string of the molecule is Cn1ccnc1C(NC(=O)N1CCC(N2CCc3cc(F)ccc32)CC1)C1CC1. The zero-order valence-corrected chi connectivity index (χ0v) is 16.9. The molecule has 6 nitrogen and oxygen atoms in total. The van der Waals surface area contributed by atoms with Crippen LogP contribution in [0.5, 0.6) is 0 Å². The number of aromatic nitrogens is 2. The van der Waals surface area contributed by atoms with Gasteiger partial charge in [-0.15, -0.1) is 0 Å². The van der Waals surface area contributed by atoms with Gasteiger partial charge in [0.2, 0.25) is 0 Å². The summed E-state index contributed by atoms with van der Waals surface area (Å²) < 4.78 is 15.5. The van der Waals surface area contributed by atoms with Crippen molar-refractivity contribution in [3.63, 3.8) is 0 Å². The highest BCUT2D eigenvalue weighted by Crippen LogP contribution is 2.40. The molecule has 7 heteroatoms. The van der Waals surface area contributed by atoms with E-state index in [1.807, 2.05) is 28.8 Å². The van der Waals surface area contributed by atoms with E-state index in [4.69, 9.17) is 0 Å². The van der Waals surface area contributed by atoms with Crippen LogP contribution in [-0.2, 0) is 13.5 Å². The van der Waals surface area contributed by atoms with E-state index >= 15 is 0 Å². The molecular weight excluding hydrogens is 369 g/mol. The first-order valence-electron chi connectivity index (χ1n) is 10.7. The predicted molar refractivity (Wildman–Crippen MR) is 109 cm³/mol. The second-order valence-corrected chi connectivity index (χ2v) is 8.60. The van der Waals surface area contributed by atoms with E-state index in [1.54, 1.807) is 18.3 Å². The number of rotatable bonds is 4. The van der Waals surface area contributed by atoms with Gasteiger partial charge in [-0.3, -0.25) is 0 Å². The second-order valence-electron chi connectivity index (χ2n) is 8.60. The number of fused-ring (bicyclic) bond motifs is 1. The maximum absolute atomic E-state index is 13.5. The number of anilines is 1. The summed E-state index contributed by atoms with van der Waals surface area (Å²) in [5.41, 5.74) is 2.27. The van der Waals surface area contributed by atoms with Gasteiger partial charge in [0.25, 0.3) is 0 Å². The van der Waals surface area contributed by atoms with Gasteiger partial charge in [0.15, 0.2) is 0 Å². The van der Waals surface area contributed by atoms with Crippen molar-refractivity contribution < 1.29 is 9.18 Å². The molecule has 29 heavy (non-hydrogen) atoms. The summed E-state index contributed by atoms with van der Waals surface area (Å²) in [5.74, 6) is 1.28. The Bertz CT molecular complexity index is 900. The van der Waals surface area contributed by atoms with Gasteiger partial charge in [-0.2, -0.15) is 0 Å². The highest BCUT2D eigenvalue weighted by molar-refractivity contribution is 5.75. The molecule has 2 fully saturated rings. The number of urea groups is 1. The summed E-state index contributed by atoms with van der Waals surface area (Å²) in [6.45, 7) is 2.45. The number of benzene rings is 1. The van der Waals surface area contributed by atoms with Crippen LogP contribution >= 0.6 is 0 Å². The second kappa shape index (κ2) is 7.35. The zero-order valence-electron chi connectivity index (χ0n) is 16.9. The molecule has 154 valence electrons. The van der Waals surface area contributed by atoms with E-state index in [2.05, 4.69) is 15.2 Å². The zero-order chi connectivity index (χ0) is 20.0. The van der Waals surface area contributed by atoms with Crippen LogP contribution in [0.2, 0.25) is 0 Å². The molecule has 3 aliphatic rings. The number of imidazole rings is 1. The fraction of sp³-hybridized carbons (Fsp3) is 0.545. The Morgan fingerprint density at radius 1 is 1.21 bits per heavy atom. The number of halogens is 1. The van der Waals surface area contributed by atoms with Crippen LogP contribution in [0.3, 0.4) is 0 Å². The van der Waals surface area contributed by atoms with Crippen LogP contribution in [0, 0.1) is 11.7 Å². The fourth-order valence-corrected chi connectivity index (χ4v) is 4.88. The van der Waals surface area contributed by atoms with Gasteiger partial charge in [0.1, 0.15) is 11.6 Å². The average molecular weight is 397 g/mol. The number of amides is 2. The number of carbonyl (C=O) groups is 1. The van der Waals surface area contributed by atoms with E-state index in [9.17, 15) is 9.18 Å². The molecule has 1 aromatic heterocycles. The first kappa shape index (κ1) is 18.5. The Morgan fingerprint density at radius 2 is 2.00 bits per heavy atom. The van der Waals surface area contributed by atoms with Crippen molar-refractivity contribution >= 4 is 11.7 Å². The lowest BCUT2D eigenvalue weighted by atomic mass is 10.0. The monoisotopic (exact) mass is 397 g/mol. The quantitative estimate of drug-likeness (QED) is 0.862. The standard InChI is InChI=1S/C22H28FN5O/c1-26-13-9-24-21(26)20(15-2-3-15)25-22(29)27-10-7-18(8-11-27)28-12-6-16-14-17(23)4-5-19(16)28/h4-5,9,13-15,18,20H,2-3,6-8,10-12H2,1H3,(H,25,29). The van der Waals surface area contributed by atoms with Crippen LogP contribution < -0.4 is 10.2 Å². The number of nitrogens with zero attached hydrogens (tertiary/aromatic N) is 4. The maximum Gasteiger partial charge on any atom is 0.317 e. The van der Waals surface area contributed by atoms with E-state index < -0.39 is 0 Å². The first-order chi connectivity index (χ1) is 14.1. The van der Waals surface area contributed by atoms with Crippen LogP contribution in [-0.4, -0.2) is 46.2 Å². The van der Waals surface area contributed by atoms with Gasteiger partial charge in [-0.1, -0.05) is 0 Å². The van der Waals surface area contributed by atoms with E-state index in [0.29, 0.717) is 12.0 Å². The fourth-order valence-electron chi connectivity index (χ4n) is 4.88. The third-order valence-electron chi connectivity index (χ3n) is 6.67. The molecule has 2 amide bonds. The highest BCUT2D eigenvalue weighted by atomic mass is 19.1. The lowest BCUT2D eigenvalue weighted by molar-refractivity contribution is 0.175. The minimum Gasteiger partial charge on any atom is -0.368 e. The normalized spacial score (nSPS) is 20.6. The van der Waals surface area contributed by atoms with Crippen molar-refractivity contribution in [2.45, 2.75) is 44.2 Å². The molecule has 2 aliphatic heterocycles. The number of likely N-dealkylation sites (tertiary alicyclic amines) is 1. The van der Waals surface area contributed by atoms with Gasteiger partial charge in [0, 0.05) is 50.8 Å². The molecule has 5 rings (SSSR count). The molecular formula is C22H28FN5O. The van der Waals surface area contributed by atoms with Gasteiger partial charge in [0.05, 0.1) is 6.04 Å². The minimum atomic E-state index is -0.157. The molecule has 1 aromatic carbocycles. The summed E-state index contributed by atoms with van der Waals surface area (Å²) in [5, 5.41) is 3.25. The summed E-state index contributed by atoms with van der Waals surface area (Å²) in [6.07, 6.45) is 8.82. The molecule has 0 bridgehead atoms. The third kappa shape index (κ3) is 3.58. The molecule has 2 aromatic rings. The Hall–Kier alpha value is -2.57. The number of piperidine rings is 1. The average Bonchev–Trinajstić information content (AvgIpc) is 3.35. The summed E-state index contributed by atoms with van der Waals surface area (Å²) in [6, 6.07) is 5.56. The van der Waals surface area contributed by atoms with Crippen molar-refractivity contribution in [3.05, 3.63) is 47.8 Å². The molecule has 1 saturated carbocycles. The van der Waals surface area contributed by atoms with Crippen LogP contribution in [0.1, 0.15) is 43.1 Å². The Balaban J connectivity index is 1.20. The maximum atomic E-state index is 13.5. The van der Waals surface area contributed by atoms with Crippen molar-refractivity contribution in [3.8, 4) is 0 Å². The van der Waals surface area contributed by atoms with Gasteiger partial charge in [-0.25, -0.2) is 14.2 Å². The molecule has 1 atom stereocenters. The van der Waals surface area contributed by atoms with E-state index in [1.165, 1.54) is 0 Å². The van der Waals surface area contributed by atoms with Gasteiger partial charge < -0.3 is 19.7 Å². The van der Waals surface area contributed by atoms with Crippen molar-refractivity contribution in [1.29, 1.82) is 0 Å². The molecule has 1 N–H and O–H groups in total. The molecule has 1 saturated heterocycles. The summed E-state index contributed by atoms with van der Waals surface area (Å²) in [4.78, 5) is 21.7.